The molecule has 1 amide bonds. The van der Waals surface area contributed by atoms with Gasteiger partial charge in [-0.05, 0) is 24.3 Å². The van der Waals surface area contributed by atoms with E-state index in [9.17, 15) is 9.59 Å². The average molecular weight is 310 g/mol. The molecular formula is C14H12ClNO3S. The number of thiophene rings is 1. The van der Waals surface area contributed by atoms with Crippen molar-refractivity contribution in [2.24, 2.45) is 0 Å². The maximum Gasteiger partial charge on any atom is 0.336 e. The summed E-state index contributed by atoms with van der Waals surface area (Å²) in [7, 11) is 1.63. The van der Waals surface area contributed by atoms with Crippen LogP contribution < -0.4 is 0 Å². The summed E-state index contributed by atoms with van der Waals surface area (Å²) >= 11 is 7.24. The van der Waals surface area contributed by atoms with E-state index in [-0.39, 0.29) is 17.0 Å². The molecule has 1 heterocycles. The number of hydrogen-bond acceptors (Lipinski definition) is 3. The van der Waals surface area contributed by atoms with E-state index in [2.05, 4.69) is 0 Å². The predicted octanol–water partition coefficient (Wildman–Crippen LogP) is 3.37. The highest BCUT2D eigenvalue weighted by Gasteiger charge is 2.19. The first-order chi connectivity index (χ1) is 9.49. The van der Waals surface area contributed by atoms with Gasteiger partial charge in [0.25, 0.3) is 5.91 Å². The van der Waals surface area contributed by atoms with E-state index < -0.39 is 5.97 Å². The topological polar surface area (TPSA) is 57.6 Å². The molecule has 0 atom stereocenters. The van der Waals surface area contributed by atoms with Crippen LogP contribution in [0.4, 0.5) is 0 Å². The molecule has 0 saturated carbocycles. The Bertz CT molecular complexity index is 653. The Kier molecular flexibility index (Phi) is 4.42. The summed E-state index contributed by atoms with van der Waals surface area (Å²) in [5.74, 6) is -1.44. The molecule has 0 spiro atoms. The molecule has 0 aliphatic carbocycles. The van der Waals surface area contributed by atoms with Crippen molar-refractivity contribution in [2.45, 2.75) is 6.54 Å². The number of halogens is 1. The van der Waals surface area contributed by atoms with Gasteiger partial charge in [0.15, 0.2) is 0 Å². The Hall–Kier alpha value is -1.85. The van der Waals surface area contributed by atoms with Crippen LogP contribution >= 0.6 is 22.9 Å². The monoisotopic (exact) mass is 309 g/mol. The number of aromatic carboxylic acids is 1. The Morgan fingerprint density at radius 2 is 1.85 bits per heavy atom. The molecule has 1 N–H and O–H groups in total. The number of amides is 1. The fourth-order valence-corrected chi connectivity index (χ4v) is 2.95. The van der Waals surface area contributed by atoms with Gasteiger partial charge in [-0.3, -0.25) is 4.79 Å². The van der Waals surface area contributed by atoms with E-state index in [1.165, 1.54) is 28.4 Å². The van der Waals surface area contributed by atoms with Crippen LogP contribution in [0.3, 0.4) is 0 Å². The molecule has 104 valence electrons. The van der Waals surface area contributed by atoms with Gasteiger partial charge in [0.05, 0.1) is 22.0 Å². The van der Waals surface area contributed by atoms with E-state index in [4.69, 9.17) is 16.7 Å². The van der Waals surface area contributed by atoms with Crippen LogP contribution in [0.2, 0.25) is 4.34 Å². The van der Waals surface area contributed by atoms with Gasteiger partial charge >= 0.3 is 5.97 Å². The molecule has 0 bridgehead atoms. The van der Waals surface area contributed by atoms with Gasteiger partial charge in [0, 0.05) is 11.9 Å². The minimum Gasteiger partial charge on any atom is -0.478 e. The first-order valence-corrected chi connectivity index (χ1v) is 7.00. The van der Waals surface area contributed by atoms with Crippen LogP contribution in [0, 0.1) is 0 Å². The van der Waals surface area contributed by atoms with Gasteiger partial charge < -0.3 is 10.0 Å². The largest absolute Gasteiger partial charge is 0.478 e. The predicted molar refractivity (Wildman–Crippen MR) is 78.5 cm³/mol. The van der Waals surface area contributed by atoms with E-state index in [1.54, 1.807) is 25.2 Å². The standard InChI is InChI=1S/C14H12ClNO3S/c1-16(8-9-6-7-12(15)20-9)13(17)10-4-2-3-5-11(10)14(18)19/h2-7H,8H2,1H3,(H,18,19). The number of nitrogens with zero attached hydrogens (tertiary/aromatic N) is 1. The number of carboxylic acids is 1. The number of carbonyl (C=O) groups is 2. The van der Waals surface area contributed by atoms with E-state index in [0.29, 0.717) is 10.9 Å². The lowest BCUT2D eigenvalue weighted by atomic mass is 10.1. The van der Waals surface area contributed by atoms with Gasteiger partial charge in [-0.1, -0.05) is 23.7 Å². The molecular weight excluding hydrogens is 298 g/mol. The molecule has 2 rings (SSSR count). The minimum atomic E-state index is -1.11. The van der Waals surface area contributed by atoms with E-state index in [0.717, 1.165) is 4.88 Å². The molecule has 0 radical (unpaired) electrons. The van der Waals surface area contributed by atoms with E-state index in [1.807, 2.05) is 6.07 Å². The fourth-order valence-electron chi connectivity index (χ4n) is 1.80. The molecule has 0 fully saturated rings. The maximum atomic E-state index is 12.3. The molecule has 20 heavy (non-hydrogen) atoms. The zero-order valence-corrected chi connectivity index (χ0v) is 12.2. The first kappa shape index (κ1) is 14.6. The smallest absolute Gasteiger partial charge is 0.336 e. The third-order valence-electron chi connectivity index (χ3n) is 2.76. The molecule has 6 heteroatoms. The van der Waals surface area contributed by atoms with Gasteiger partial charge in [0.2, 0.25) is 0 Å². The summed E-state index contributed by atoms with van der Waals surface area (Å²) in [5.41, 5.74) is 0.193. The van der Waals surface area contributed by atoms with Gasteiger partial charge in [-0.2, -0.15) is 0 Å². The van der Waals surface area contributed by atoms with Crippen molar-refractivity contribution >= 4 is 34.8 Å². The second-order valence-corrected chi connectivity index (χ2v) is 6.02. The highest BCUT2D eigenvalue weighted by molar-refractivity contribution is 7.16. The number of hydrogen-bond donors (Lipinski definition) is 1. The molecule has 0 aliphatic rings. The lowest BCUT2D eigenvalue weighted by molar-refractivity contribution is 0.0680. The summed E-state index contributed by atoms with van der Waals surface area (Å²) in [6, 6.07) is 9.80. The van der Waals surface area contributed by atoms with E-state index >= 15 is 0 Å². The zero-order chi connectivity index (χ0) is 14.7. The van der Waals surface area contributed by atoms with Crippen LogP contribution in [-0.4, -0.2) is 28.9 Å². The quantitative estimate of drug-likeness (QED) is 0.942. The number of rotatable bonds is 4. The Morgan fingerprint density at radius 1 is 1.20 bits per heavy atom. The van der Waals surface area contributed by atoms with Crippen LogP contribution in [0.25, 0.3) is 0 Å². The van der Waals surface area contributed by atoms with Gasteiger partial charge in [0.1, 0.15) is 0 Å². The second kappa shape index (κ2) is 6.07. The van der Waals surface area contributed by atoms with Crippen molar-refractivity contribution in [3.05, 3.63) is 56.7 Å². The van der Waals surface area contributed by atoms with Crippen LogP contribution in [0.5, 0.6) is 0 Å². The zero-order valence-electron chi connectivity index (χ0n) is 10.7. The highest BCUT2D eigenvalue weighted by Crippen LogP contribution is 2.23. The van der Waals surface area contributed by atoms with Crippen molar-refractivity contribution in [2.75, 3.05) is 7.05 Å². The molecule has 1 aromatic carbocycles. The molecule has 0 unspecified atom stereocenters. The molecule has 4 nitrogen and oxygen atoms in total. The molecule has 2 aromatic rings. The Labute approximate surface area is 125 Å². The number of benzene rings is 1. The lowest BCUT2D eigenvalue weighted by Crippen LogP contribution is -2.27. The Morgan fingerprint density at radius 3 is 2.40 bits per heavy atom. The third kappa shape index (κ3) is 3.18. The molecule has 0 aliphatic heterocycles. The maximum absolute atomic E-state index is 12.3. The Balaban J connectivity index is 2.20. The summed E-state index contributed by atoms with van der Waals surface area (Å²) in [6.45, 7) is 0.393. The van der Waals surface area contributed by atoms with Crippen LogP contribution in [0.15, 0.2) is 36.4 Å². The average Bonchev–Trinajstić information content (AvgIpc) is 2.83. The first-order valence-electron chi connectivity index (χ1n) is 5.81. The summed E-state index contributed by atoms with van der Waals surface area (Å²) < 4.78 is 0.659. The summed E-state index contributed by atoms with van der Waals surface area (Å²) in [6.07, 6.45) is 0. The van der Waals surface area contributed by atoms with Crippen LogP contribution in [0.1, 0.15) is 25.6 Å². The highest BCUT2D eigenvalue weighted by atomic mass is 35.5. The fraction of sp³-hybridized carbons (Fsp3) is 0.143. The van der Waals surface area contributed by atoms with Crippen molar-refractivity contribution in [1.82, 2.24) is 4.90 Å². The SMILES string of the molecule is CN(Cc1ccc(Cl)s1)C(=O)c1ccccc1C(=O)O. The van der Waals surface area contributed by atoms with Crippen molar-refractivity contribution in [1.29, 1.82) is 0 Å². The van der Waals surface area contributed by atoms with Crippen LogP contribution in [-0.2, 0) is 6.54 Å². The molecule has 1 aromatic heterocycles. The number of carboxylic acid groups (broad SMARTS) is 1. The summed E-state index contributed by atoms with van der Waals surface area (Å²) in [4.78, 5) is 25.9. The van der Waals surface area contributed by atoms with Crippen molar-refractivity contribution < 1.29 is 14.7 Å². The normalized spacial score (nSPS) is 10.3. The summed E-state index contributed by atoms with van der Waals surface area (Å²) in [5, 5.41) is 9.10. The lowest BCUT2D eigenvalue weighted by Gasteiger charge is -2.17. The third-order valence-corrected chi connectivity index (χ3v) is 3.97. The molecule has 0 saturated heterocycles. The van der Waals surface area contributed by atoms with Crippen molar-refractivity contribution in [3.63, 3.8) is 0 Å². The van der Waals surface area contributed by atoms with Gasteiger partial charge in [-0.15, -0.1) is 11.3 Å². The number of carbonyl (C=O) groups excluding carboxylic acids is 1. The second-order valence-electron chi connectivity index (χ2n) is 4.22. The minimum absolute atomic E-state index is 0.00793. The van der Waals surface area contributed by atoms with Crippen molar-refractivity contribution in [3.8, 4) is 0 Å². The van der Waals surface area contributed by atoms with Gasteiger partial charge in [-0.25, -0.2) is 4.79 Å².